The lowest BCUT2D eigenvalue weighted by Crippen LogP contribution is -2.33. The van der Waals surface area contributed by atoms with Gasteiger partial charge in [0.15, 0.2) is 0 Å². The highest BCUT2D eigenvalue weighted by molar-refractivity contribution is 6.32. The summed E-state index contributed by atoms with van der Waals surface area (Å²) in [5.74, 6) is 0.606. The van der Waals surface area contributed by atoms with Gasteiger partial charge in [0.05, 0.1) is 18.4 Å². The molecule has 1 aliphatic rings. The summed E-state index contributed by atoms with van der Waals surface area (Å²) in [6, 6.07) is 0.113. The first kappa shape index (κ1) is 15.3. The van der Waals surface area contributed by atoms with E-state index in [1.54, 1.807) is 6.20 Å². The van der Waals surface area contributed by atoms with E-state index in [1.807, 2.05) is 19.0 Å². The molecule has 0 saturated heterocycles. The minimum atomic E-state index is -0.265. The minimum Gasteiger partial charge on any atom is -0.381 e. The van der Waals surface area contributed by atoms with E-state index in [4.69, 9.17) is 17.3 Å². The van der Waals surface area contributed by atoms with Crippen molar-refractivity contribution < 1.29 is 0 Å². The first-order valence-electron chi connectivity index (χ1n) is 6.89. The quantitative estimate of drug-likeness (QED) is 0.771. The zero-order chi connectivity index (χ0) is 14.7. The molecule has 7 heteroatoms. The predicted molar refractivity (Wildman–Crippen MR) is 81.3 cm³/mol. The third kappa shape index (κ3) is 3.94. The van der Waals surface area contributed by atoms with E-state index in [9.17, 15) is 4.79 Å². The summed E-state index contributed by atoms with van der Waals surface area (Å²) in [4.78, 5) is 14.1. The highest BCUT2D eigenvalue weighted by atomic mass is 35.5. The molecule has 20 heavy (non-hydrogen) atoms. The summed E-state index contributed by atoms with van der Waals surface area (Å²) in [5.41, 5.74) is 6.31. The van der Waals surface area contributed by atoms with Crippen LogP contribution in [-0.2, 0) is 6.54 Å². The zero-order valence-corrected chi connectivity index (χ0v) is 12.7. The van der Waals surface area contributed by atoms with Crippen LogP contribution in [-0.4, -0.2) is 47.9 Å². The number of hydrogen-bond acceptors (Lipinski definition) is 5. The van der Waals surface area contributed by atoms with E-state index in [0.717, 1.165) is 6.54 Å². The van der Waals surface area contributed by atoms with Crippen LogP contribution in [0.5, 0.6) is 0 Å². The van der Waals surface area contributed by atoms with Crippen molar-refractivity contribution in [3.63, 3.8) is 0 Å². The summed E-state index contributed by atoms with van der Waals surface area (Å²) in [7, 11) is 3.89. The summed E-state index contributed by atoms with van der Waals surface area (Å²) >= 11 is 6.10. The monoisotopic (exact) mass is 299 g/mol. The van der Waals surface area contributed by atoms with Gasteiger partial charge < -0.3 is 16.0 Å². The van der Waals surface area contributed by atoms with Gasteiger partial charge in [-0.15, -0.1) is 0 Å². The van der Waals surface area contributed by atoms with E-state index in [0.29, 0.717) is 24.7 Å². The van der Waals surface area contributed by atoms with Crippen LogP contribution in [0, 0.1) is 5.92 Å². The van der Waals surface area contributed by atoms with Crippen molar-refractivity contribution >= 4 is 17.3 Å². The molecule has 0 spiro atoms. The molecule has 1 aliphatic carbocycles. The molecule has 1 aromatic rings. The summed E-state index contributed by atoms with van der Waals surface area (Å²) in [6.45, 7) is 1.88. The van der Waals surface area contributed by atoms with Crippen molar-refractivity contribution in [2.24, 2.45) is 11.7 Å². The Morgan fingerprint density at radius 2 is 2.30 bits per heavy atom. The largest absolute Gasteiger partial charge is 0.381 e. The number of nitrogens with two attached hydrogens (primary N) is 1. The van der Waals surface area contributed by atoms with Gasteiger partial charge in [0, 0.05) is 19.1 Å². The molecule has 0 aliphatic heterocycles. The first-order chi connectivity index (χ1) is 9.49. The smallest absolute Gasteiger partial charge is 0.287 e. The molecular formula is C13H22ClN5O. The highest BCUT2D eigenvalue weighted by Crippen LogP contribution is 2.31. The first-order valence-corrected chi connectivity index (χ1v) is 7.26. The van der Waals surface area contributed by atoms with Gasteiger partial charge in [-0.2, -0.15) is 5.10 Å². The fourth-order valence-electron chi connectivity index (χ4n) is 1.96. The molecule has 1 fully saturated rings. The number of nitrogens with zero attached hydrogens (tertiary/aromatic N) is 3. The summed E-state index contributed by atoms with van der Waals surface area (Å²) in [6.07, 6.45) is 3.99. The number of aromatic nitrogens is 2. The van der Waals surface area contributed by atoms with Crippen molar-refractivity contribution in [2.75, 3.05) is 32.5 Å². The number of anilines is 1. The Kier molecular flexibility index (Phi) is 5.01. The second kappa shape index (κ2) is 6.56. The highest BCUT2D eigenvalue weighted by Gasteiger charge is 2.28. The van der Waals surface area contributed by atoms with Gasteiger partial charge in [0.1, 0.15) is 5.02 Å². The topological polar surface area (TPSA) is 76.2 Å². The lowest BCUT2D eigenvalue weighted by Gasteiger charge is -2.15. The number of likely N-dealkylation sites (N-methyl/N-ethyl adjacent to an activating group) is 1. The number of rotatable bonds is 7. The molecule has 1 unspecified atom stereocenters. The van der Waals surface area contributed by atoms with Gasteiger partial charge in [-0.1, -0.05) is 11.6 Å². The Morgan fingerprint density at radius 1 is 1.60 bits per heavy atom. The Hall–Kier alpha value is -1.11. The molecule has 1 atom stereocenters. The van der Waals surface area contributed by atoms with Gasteiger partial charge in [0.25, 0.3) is 5.56 Å². The molecule has 0 radical (unpaired) electrons. The molecule has 3 N–H and O–H groups in total. The number of halogens is 1. The fourth-order valence-corrected chi connectivity index (χ4v) is 2.17. The van der Waals surface area contributed by atoms with Crippen LogP contribution in [0.4, 0.5) is 5.69 Å². The van der Waals surface area contributed by atoms with E-state index in [2.05, 4.69) is 10.4 Å². The summed E-state index contributed by atoms with van der Waals surface area (Å²) < 4.78 is 1.38. The second-order valence-corrected chi connectivity index (χ2v) is 5.96. The predicted octanol–water partition coefficient (Wildman–Crippen LogP) is 0.608. The molecule has 2 rings (SSSR count). The second-order valence-electron chi connectivity index (χ2n) is 5.59. The molecule has 0 bridgehead atoms. The maximum Gasteiger partial charge on any atom is 0.287 e. The van der Waals surface area contributed by atoms with Gasteiger partial charge in [0.2, 0.25) is 0 Å². The molecule has 1 aromatic heterocycles. The third-order valence-corrected chi connectivity index (χ3v) is 3.86. The molecule has 1 heterocycles. The Morgan fingerprint density at radius 3 is 2.90 bits per heavy atom. The maximum atomic E-state index is 12.1. The fraction of sp³-hybridized carbons (Fsp3) is 0.692. The van der Waals surface area contributed by atoms with Crippen LogP contribution in [0.25, 0.3) is 0 Å². The van der Waals surface area contributed by atoms with Crippen molar-refractivity contribution in [3.05, 3.63) is 21.6 Å². The van der Waals surface area contributed by atoms with Crippen molar-refractivity contribution in [3.8, 4) is 0 Å². The van der Waals surface area contributed by atoms with Crippen LogP contribution < -0.4 is 16.6 Å². The third-order valence-electron chi connectivity index (χ3n) is 3.50. The average Bonchev–Trinajstić information content (AvgIpc) is 3.23. The average molecular weight is 300 g/mol. The molecule has 0 amide bonds. The van der Waals surface area contributed by atoms with Crippen LogP contribution in [0.1, 0.15) is 12.8 Å². The zero-order valence-electron chi connectivity index (χ0n) is 12.0. The Balaban J connectivity index is 1.99. The summed E-state index contributed by atoms with van der Waals surface area (Å²) in [5, 5.41) is 7.45. The van der Waals surface area contributed by atoms with Crippen LogP contribution in [0.15, 0.2) is 11.0 Å². The van der Waals surface area contributed by atoms with Crippen molar-refractivity contribution in [1.82, 2.24) is 14.7 Å². The molecule has 112 valence electrons. The normalized spacial score (nSPS) is 16.4. The van der Waals surface area contributed by atoms with E-state index >= 15 is 0 Å². The van der Waals surface area contributed by atoms with E-state index in [-0.39, 0.29) is 16.6 Å². The molecule has 6 nitrogen and oxygen atoms in total. The van der Waals surface area contributed by atoms with Gasteiger partial charge in [-0.25, -0.2) is 4.68 Å². The maximum absolute atomic E-state index is 12.1. The van der Waals surface area contributed by atoms with E-state index < -0.39 is 0 Å². The van der Waals surface area contributed by atoms with Gasteiger partial charge >= 0.3 is 0 Å². The van der Waals surface area contributed by atoms with Gasteiger partial charge in [-0.3, -0.25) is 4.79 Å². The molecule has 0 aromatic carbocycles. The van der Waals surface area contributed by atoms with Crippen molar-refractivity contribution in [1.29, 1.82) is 0 Å². The molecule has 1 saturated carbocycles. The van der Waals surface area contributed by atoms with Crippen LogP contribution in [0.3, 0.4) is 0 Å². The van der Waals surface area contributed by atoms with E-state index in [1.165, 1.54) is 17.5 Å². The lowest BCUT2D eigenvalue weighted by atomic mass is 10.2. The van der Waals surface area contributed by atoms with Gasteiger partial charge in [-0.05, 0) is 32.9 Å². The minimum absolute atomic E-state index is 0.113. The Bertz CT molecular complexity index is 512. The van der Waals surface area contributed by atoms with Crippen LogP contribution in [0.2, 0.25) is 5.02 Å². The van der Waals surface area contributed by atoms with Crippen molar-refractivity contribution in [2.45, 2.75) is 25.4 Å². The SMILES string of the molecule is CN(C)CCn1ncc(NCC(N)C2CC2)c(Cl)c1=O. The lowest BCUT2D eigenvalue weighted by molar-refractivity contribution is 0.367. The number of hydrogen-bond donors (Lipinski definition) is 2. The standard InChI is InChI=1S/C13H22ClN5O/c1-18(2)5-6-19-13(20)12(14)11(8-17-19)16-7-10(15)9-3-4-9/h8-10,16H,3-7,15H2,1-2H3. The number of nitrogens with one attached hydrogen (secondary N) is 1. The Labute approximate surface area is 123 Å². The molecular weight excluding hydrogens is 278 g/mol. The van der Waals surface area contributed by atoms with Crippen LogP contribution >= 0.6 is 11.6 Å².